The summed E-state index contributed by atoms with van der Waals surface area (Å²) in [5, 5.41) is 2.70. The van der Waals surface area contributed by atoms with Crippen LogP contribution < -0.4 is 5.32 Å². The predicted octanol–water partition coefficient (Wildman–Crippen LogP) is 2.28. The van der Waals surface area contributed by atoms with Crippen LogP contribution in [0.25, 0.3) is 5.65 Å². The molecule has 29 heavy (non-hydrogen) atoms. The monoisotopic (exact) mass is 401 g/mol. The number of hydrogen-bond acceptors (Lipinski definition) is 5. The van der Waals surface area contributed by atoms with Gasteiger partial charge in [0.05, 0.1) is 5.69 Å². The molecular weight excluding hydrogens is 370 g/mol. The van der Waals surface area contributed by atoms with E-state index < -0.39 is 17.2 Å². The van der Waals surface area contributed by atoms with E-state index in [4.69, 9.17) is 4.74 Å². The molecule has 8 nitrogen and oxygen atoms in total. The highest BCUT2D eigenvalue weighted by Gasteiger charge is 2.36. The molecule has 0 radical (unpaired) electrons. The molecule has 1 saturated heterocycles. The third kappa shape index (κ3) is 5.47. The Bertz CT molecular complexity index is 843. The van der Waals surface area contributed by atoms with Crippen molar-refractivity contribution in [3.63, 3.8) is 0 Å². The van der Waals surface area contributed by atoms with E-state index in [-0.39, 0.29) is 5.91 Å². The summed E-state index contributed by atoms with van der Waals surface area (Å²) in [7, 11) is 0. The van der Waals surface area contributed by atoms with Gasteiger partial charge in [0.2, 0.25) is 5.91 Å². The first-order valence-electron chi connectivity index (χ1n) is 9.99. The Kier molecular flexibility index (Phi) is 5.84. The zero-order valence-electron chi connectivity index (χ0n) is 17.9. The summed E-state index contributed by atoms with van der Waals surface area (Å²) >= 11 is 0. The second kappa shape index (κ2) is 8.02. The topological polar surface area (TPSA) is 79.2 Å². The number of rotatable bonds is 4. The normalized spacial score (nSPS) is 16.1. The molecule has 1 aliphatic heterocycles. The first-order valence-corrected chi connectivity index (χ1v) is 9.99. The van der Waals surface area contributed by atoms with Gasteiger partial charge in [0.25, 0.3) is 0 Å². The fourth-order valence-corrected chi connectivity index (χ4v) is 3.41. The fraction of sp³-hybridized carbons (Fsp3) is 0.571. The molecule has 0 spiro atoms. The van der Waals surface area contributed by atoms with Gasteiger partial charge in [-0.15, -0.1) is 0 Å². The molecule has 0 aromatic carbocycles. The van der Waals surface area contributed by atoms with Gasteiger partial charge in [0, 0.05) is 45.1 Å². The number of imidazole rings is 1. The van der Waals surface area contributed by atoms with Crippen LogP contribution in [0.15, 0.2) is 30.6 Å². The Hall–Kier alpha value is -2.61. The molecule has 0 aliphatic carbocycles. The van der Waals surface area contributed by atoms with Gasteiger partial charge in [-0.05, 0) is 46.8 Å². The summed E-state index contributed by atoms with van der Waals surface area (Å²) < 4.78 is 7.30. The van der Waals surface area contributed by atoms with E-state index in [2.05, 4.69) is 15.2 Å². The Labute approximate surface area is 171 Å². The van der Waals surface area contributed by atoms with Gasteiger partial charge in [-0.25, -0.2) is 9.78 Å². The molecule has 0 unspecified atom stereocenters. The highest BCUT2D eigenvalue weighted by atomic mass is 16.6. The lowest BCUT2D eigenvalue weighted by Crippen LogP contribution is -2.60. The van der Waals surface area contributed by atoms with Gasteiger partial charge in [-0.3, -0.25) is 9.69 Å². The van der Waals surface area contributed by atoms with Crippen molar-refractivity contribution in [2.24, 2.45) is 0 Å². The third-order valence-electron chi connectivity index (χ3n) is 4.81. The molecule has 0 saturated carbocycles. The van der Waals surface area contributed by atoms with Crippen LogP contribution in [-0.2, 0) is 16.1 Å². The minimum Gasteiger partial charge on any atom is -0.444 e. The first-order chi connectivity index (χ1) is 13.5. The Morgan fingerprint density at radius 2 is 1.79 bits per heavy atom. The number of pyridine rings is 1. The van der Waals surface area contributed by atoms with Gasteiger partial charge < -0.3 is 19.4 Å². The van der Waals surface area contributed by atoms with E-state index in [0.717, 1.165) is 31.0 Å². The van der Waals surface area contributed by atoms with Crippen LogP contribution >= 0.6 is 0 Å². The van der Waals surface area contributed by atoms with Crippen LogP contribution in [0.1, 0.15) is 40.3 Å². The van der Waals surface area contributed by atoms with Crippen molar-refractivity contribution >= 4 is 17.6 Å². The largest absolute Gasteiger partial charge is 0.444 e. The molecule has 1 aliphatic rings. The quantitative estimate of drug-likeness (QED) is 0.850. The SMILES string of the molecule is CC(C)(C)OC(=O)NC(C)(C)C(=O)N1CCN(Cc2cn3ccccc3n2)CC1. The van der Waals surface area contributed by atoms with Crippen LogP contribution in [0.4, 0.5) is 4.79 Å². The van der Waals surface area contributed by atoms with E-state index in [9.17, 15) is 9.59 Å². The van der Waals surface area contributed by atoms with Crippen molar-refractivity contribution in [2.45, 2.75) is 52.3 Å². The second-order valence-corrected chi connectivity index (χ2v) is 9.02. The second-order valence-electron chi connectivity index (χ2n) is 9.02. The Morgan fingerprint density at radius 3 is 2.41 bits per heavy atom. The number of nitrogens with zero attached hydrogens (tertiary/aromatic N) is 4. The number of carbonyl (C=O) groups excluding carboxylic acids is 2. The Balaban J connectivity index is 1.52. The molecule has 2 aromatic heterocycles. The first kappa shape index (κ1) is 21.1. The average Bonchev–Trinajstić information content (AvgIpc) is 3.01. The van der Waals surface area contributed by atoms with Crippen molar-refractivity contribution in [3.05, 3.63) is 36.3 Å². The van der Waals surface area contributed by atoms with Crippen LogP contribution in [0, 0.1) is 0 Å². The minimum atomic E-state index is -1.02. The molecule has 3 heterocycles. The zero-order valence-corrected chi connectivity index (χ0v) is 17.9. The minimum absolute atomic E-state index is 0.101. The molecule has 8 heteroatoms. The summed E-state index contributed by atoms with van der Waals surface area (Å²) in [5.41, 5.74) is 0.327. The van der Waals surface area contributed by atoms with E-state index in [0.29, 0.717) is 13.1 Å². The molecule has 0 atom stereocenters. The number of carbonyl (C=O) groups is 2. The standard InChI is InChI=1S/C21H31N5O3/c1-20(2,3)29-19(28)23-21(4,5)18(27)25-12-10-24(11-13-25)14-16-15-26-9-7-6-8-17(26)22-16/h6-9,15H,10-14H2,1-5H3,(H,23,28). The van der Waals surface area contributed by atoms with Crippen molar-refractivity contribution in [2.75, 3.05) is 26.2 Å². The number of ether oxygens (including phenoxy) is 1. The third-order valence-corrected chi connectivity index (χ3v) is 4.81. The number of piperazine rings is 1. The van der Waals surface area contributed by atoms with E-state index in [1.807, 2.05) is 35.0 Å². The molecule has 158 valence electrons. The summed E-state index contributed by atoms with van der Waals surface area (Å²) in [6.45, 7) is 12.3. The lowest BCUT2D eigenvalue weighted by Gasteiger charge is -2.38. The maximum atomic E-state index is 12.9. The fourth-order valence-electron chi connectivity index (χ4n) is 3.41. The Morgan fingerprint density at radius 1 is 1.10 bits per heavy atom. The average molecular weight is 402 g/mol. The van der Waals surface area contributed by atoms with Gasteiger partial charge in [0.1, 0.15) is 16.8 Å². The van der Waals surface area contributed by atoms with E-state index in [1.54, 1.807) is 39.5 Å². The lowest BCUT2D eigenvalue weighted by molar-refractivity contribution is -0.139. The van der Waals surface area contributed by atoms with E-state index in [1.165, 1.54) is 0 Å². The molecule has 2 aromatic rings. The van der Waals surface area contributed by atoms with Gasteiger partial charge in [-0.1, -0.05) is 6.07 Å². The lowest BCUT2D eigenvalue weighted by atomic mass is 10.0. The molecule has 0 bridgehead atoms. The maximum absolute atomic E-state index is 12.9. The van der Waals surface area contributed by atoms with E-state index >= 15 is 0 Å². The number of aromatic nitrogens is 2. The van der Waals surface area contributed by atoms with Crippen LogP contribution in [0.3, 0.4) is 0 Å². The van der Waals surface area contributed by atoms with Crippen LogP contribution in [-0.4, -0.2) is 68.5 Å². The van der Waals surface area contributed by atoms with Gasteiger partial charge in [0.15, 0.2) is 0 Å². The van der Waals surface area contributed by atoms with Crippen molar-refractivity contribution in [1.29, 1.82) is 0 Å². The molecular formula is C21H31N5O3. The smallest absolute Gasteiger partial charge is 0.408 e. The summed E-state index contributed by atoms with van der Waals surface area (Å²) in [5.74, 6) is -0.101. The molecule has 2 amide bonds. The molecule has 1 N–H and O–H groups in total. The number of nitrogens with one attached hydrogen (secondary N) is 1. The molecule has 3 rings (SSSR count). The highest BCUT2D eigenvalue weighted by molar-refractivity contribution is 5.89. The number of amides is 2. The summed E-state index contributed by atoms with van der Waals surface area (Å²) in [6, 6.07) is 5.94. The number of hydrogen-bond donors (Lipinski definition) is 1. The molecule has 1 fully saturated rings. The van der Waals surface area contributed by atoms with Crippen molar-refractivity contribution < 1.29 is 14.3 Å². The number of alkyl carbamates (subject to hydrolysis) is 1. The summed E-state index contributed by atoms with van der Waals surface area (Å²) in [6.07, 6.45) is 3.45. The van der Waals surface area contributed by atoms with Gasteiger partial charge in [-0.2, -0.15) is 0 Å². The van der Waals surface area contributed by atoms with Crippen LogP contribution in [0.2, 0.25) is 0 Å². The maximum Gasteiger partial charge on any atom is 0.408 e. The summed E-state index contributed by atoms with van der Waals surface area (Å²) in [4.78, 5) is 33.7. The zero-order chi connectivity index (χ0) is 21.2. The van der Waals surface area contributed by atoms with Crippen molar-refractivity contribution in [3.8, 4) is 0 Å². The van der Waals surface area contributed by atoms with Crippen molar-refractivity contribution in [1.82, 2.24) is 24.5 Å². The van der Waals surface area contributed by atoms with Gasteiger partial charge >= 0.3 is 6.09 Å². The highest BCUT2D eigenvalue weighted by Crippen LogP contribution is 2.15. The predicted molar refractivity (Wildman–Crippen MR) is 110 cm³/mol. The number of fused-ring (bicyclic) bond motifs is 1. The van der Waals surface area contributed by atoms with Crippen LogP contribution in [0.5, 0.6) is 0 Å².